The van der Waals surface area contributed by atoms with Gasteiger partial charge in [0, 0.05) is 29.3 Å². The molecule has 6 heteroatoms. The second-order valence-corrected chi connectivity index (χ2v) is 9.38. The number of carbonyl (C=O) groups is 2. The van der Waals surface area contributed by atoms with Gasteiger partial charge in [-0.1, -0.05) is 78.9 Å². The van der Waals surface area contributed by atoms with Crippen molar-refractivity contribution in [1.82, 2.24) is 0 Å². The lowest BCUT2D eigenvalue weighted by Crippen LogP contribution is -3.00. The highest BCUT2D eigenvalue weighted by atomic mass is 79.9. The number of pyridine rings is 2. The number of aromatic nitrogens is 2. The molecule has 1 aliphatic rings. The van der Waals surface area contributed by atoms with Crippen molar-refractivity contribution in [3.05, 3.63) is 156 Å². The van der Waals surface area contributed by atoms with Crippen LogP contribution in [0.1, 0.15) is 37.4 Å². The van der Waals surface area contributed by atoms with Gasteiger partial charge in [0.05, 0.1) is 11.1 Å². The first-order valence-electron chi connectivity index (χ1n) is 12.7. The van der Waals surface area contributed by atoms with Crippen molar-refractivity contribution in [3.8, 4) is 11.3 Å². The van der Waals surface area contributed by atoms with Crippen molar-refractivity contribution in [2.45, 2.75) is 13.1 Å². The first kappa shape index (κ1) is 29.0. The van der Waals surface area contributed by atoms with Crippen molar-refractivity contribution in [2.24, 2.45) is 0 Å². The second kappa shape index (κ2) is 12.9. The lowest BCUT2D eigenvalue weighted by molar-refractivity contribution is -0.683. The van der Waals surface area contributed by atoms with E-state index in [4.69, 9.17) is 0 Å². The van der Waals surface area contributed by atoms with Gasteiger partial charge in [-0.25, -0.2) is 0 Å². The monoisotopic (exact) mass is 652 g/mol. The fourth-order valence-corrected chi connectivity index (χ4v) is 5.01. The molecule has 2 heterocycles. The predicted molar refractivity (Wildman–Crippen MR) is 147 cm³/mol. The molecule has 6 rings (SSSR count). The summed E-state index contributed by atoms with van der Waals surface area (Å²) < 4.78 is 3.95. The number of hydrogen-bond donors (Lipinski definition) is 0. The summed E-state index contributed by atoms with van der Waals surface area (Å²) in [6, 6.07) is 35.3. The quantitative estimate of drug-likeness (QED) is 0.174. The van der Waals surface area contributed by atoms with Gasteiger partial charge in [-0.3, -0.25) is 9.59 Å². The molecule has 2 aromatic heterocycles. The van der Waals surface area contributed by atoms with Crippen LogP contribution in [-0.4, -0.2) is 11.6 Å². The number of Topliss-reactive ketones (excluding diaryl/α,β-unsaturated/α-hetero) is 2. The maximum atomic E-state index is 13.0. The summed E-state index contributed by atoms with van der Waals surface area (Å²) in [4.78, 5) is 25.6. The molecule has 5 aromatic rings. The van der Waals surface area contributed by atoms with Crippen LogP contribution in [0, 0.1) is 0 Å². The molecule has 0 spiro atoms. The van der Waals surface area contributed by atoms with Crippen molar-refractivity contribution in [3.63, 3.8) is 0 Å². The Hall–Kier alpha value is -4.00. The number of halogens is 2. The SMILES string of the molecule is O=C(C[n+]1ccc(/C=C2/c3ccccc3-c3c2ccc[n+]3CC(=O)c2ccccc2)cc1)c1ccccc1.[Br-].[Br-]. The van der Waals surface area contributed by atoms with Crippen LogP contribution in [0.15, 0.2) is 128 Å². The van der Waals surface area contributed by atoms with E-state index in [-0.39, 0.29) is 52.1 Å². The number of nitrogens with zero attached hydrogens (tertiary/aromatic N) is 2. The van der Waals surface area contributed by atoms with Gasteiger partial charge in [0.1, 0.15) is 0 Å². The first-order valence-corrected chi connectivity index (χ1v) is 12.7. The number of hydrogen-bond acceptors (Lipinski definition) is 2. The lowest BCUT2D eigenvalue weighted by Gasteiger charge is -2.04. The summed E-state index contributed by atoms with van der Waals surface area (Å²) in [6.07, 6.45) is 8.04. The van der Waals surface area contributed by atoms with Crippen LogP contribution < -0.4 is 43.1 Å². The third-order valence-corrected chi connectivity index (χ3v) is 6.89. The van der Waals surface area contributed by atoms with Gasteiger partial charge in [-0.15, -0.1) is 0 Å². The molecule has 0 fully saturated rings. The van der Waals surface area contributed by atoms with Crippen LogP contribution in [0.25, 0.3) is 22.9 Å². The Morgan fingerprint density at radius 3 is 1.70 bits per heavy atom. The third-order valence-electron chi connectivity index (χ3n) is 6.89. The number of fused-ring (bicyclic) bond motifs is 3. The van der Waals surface area contributed by atoms with Crippen molar-refractivity contribution in [1.29, 1.82) is 0 Å². The molecule has 0 amide bonds. The lowest BCUT2D eigenvalue weighted by atomic mass is 10.0. The topological polar surface area (TPSA) is 41.9 Å². The highest BCUT2D eigenvalue weighted by Crippen LogP contribution is 2.42. The summed E-state index contributed by atoms with van der Waals surface area (Å²) in [7, 11) is 0. The molecule has 1 aliphatic carbocycles. The van der Waals surface area contributed by atoms with E-state index in [9.17, 15) is 9.59 Å². The van der Waals surface area contributed by atoms with Crippen LogP contribution in [0.4, 0.5) is 0 Å². The number of ketones is 2. The van der Waals surface area contributed by atoms with Crippen LogP contribution in [0.5, 0.6) is 0 Å². The molecule has 4 nitrogen and oxygen atoms in total. The molecule has 0 aliphatic heterocycles. The van der Waals surface area contributed by atoms with Gasteiger partial charge in [0.25, 0.3) is 0 Å². The molecular weight excluding hydrogens is 628 g/mol. The largest absolute Gasteiger partial charge is 1.00 e. The zero-order valence-electron chi connectivity index (χ0n) is 21.6. The van der Waals surface area contributed by atoms with E-state index >= 15 is 0 Å². The van der Waals surface area contributed by atoms with Gasteiger partial charge in [0.2, 0.25) is 30.3 Å². The van der Waals surface area contributed by atoms with Gasteiger partial charge >= 0.3 is 0 Å². The average molecular weight is 654 g/mol. The Balaban J connectivity index is 0.00000185. The smallest absolute Gasteiger partial charge is 0.227 e. The van der Waals surface area contributed by atoms with Crippen molar-refractivity contribution in [2.75, 3.05) is 0 Å². The average Bonchev–Trinajstić information content (AvgIpc) is 3.29. The molecule has 3 aromatic carbocycles. The Morgan fingerprint density at radius 2 is 1.07 bits per heavy atom. The maximum absolute atomic E-state index is 13.0. The molecule has 0 radical (unpaired) electrons. The second-order valence-electron chi connectivity index (χ2n) is 9.38. The Bertz CT molecular complexity index is 1680. The van der Waals surface area contributed by atoms with Gasteiger partial charge in [0.15, 0.2) is 18.6 Å². The molecule has 0 bridgehead atoms. The Kier molecular flexibility index (Phi) is 9.35. The fourth-order valence-electron chi connectivity index (χ4n) is 5.01. The number of carbonyl (C=O) groups excluding carboxylic acids is 2. The Labute approximate surface area is 254 Å². The molecule has 198 valence electrons. The van der Waals surface area contributed by atoms with Gasteiger partial charge in [-0.2, -0.15) is 9.13 Å². The minimum atomic E-state index is 0. The summed E-state index contributed by atoms with van der Waals surface area (Å²) in [5, 5.41) is 0. The van der Waals surface area contributed by atoms with E-state index in [0.717, 1.165) is 33.5 Å². The minimum absolute atomic E-state index is 0. The summed E-state index contributed by atoms with van der Waals surface area (Å²) >= 11 is 0. The zero-order chi connectivity index (χ0) is 25.9. The predicted octanol–water partition coefficient (Wildman–Crippen LogP) is -0.395. The molecular formula is C34H26Br2N2O2. The van der Waals surface area contributed by atoms with Gasteiger partial charge < -0.3 is 34.0 Å². The van der Waals surface area contributed by atoms with Crippen LogP contribution in [0.3, 0.4) is 0 Å². The van der Waals surface area contributed by atoms with Crippen LogP contribution in [-0.2, 0) is 13.1 Å². The first-order chi connectivity index (χ1) is 18.7. The molecule has 0 atom stereocenters. The third kappa shape index (κ3) is 5.93. The van der Waals surface area contributed by atoms with Crippen molar-refractivity contribution >= 4 is 23.2 Å². The normalized spacial score (nSPS) is 12.1. The van der Waals surface area contributed by atoms with Crippen LogP contribution in [0.2, 0.25) is 0 Å². The zero-order valence-corrected chi connectivity index (χ0v) is 24.8. The fraction of sp³-hybridized carbons (Fsp3) is 0.0588. The molecule has 40 heavy (non-hydrogen) atoms. The maximum Gasteiger partial charge on any atom is 0.227 e. The highest BCUT2D eigenvalue weighted by Gasteiger charge is 2.32. The van der Waals surface area contributed by atoms with E-state index < -0.39 is 0 Å². The van der Waals surface area contributed by atoms with E-state index in [2.05, 4.69) is 28.8 Å². The molecule has 0 saturated carbocycles. The Morgan fingerprint density at radius 1 is 0.550 bits per heavy atom. The van der Waals surface area contributed by atoms with E-state index in [0.29, 0.717) is 17.7 Å². The number of benzene rings is 3. The molecule has 0 unspecified atom stereocenters. The summed E-state index contributed by atoms with van der Waals surface area (Å²) in [5.41, 5.74) is 8.01. The van der Waals surface area contributed by atoms with E-state index in [1.54, 1.807) is 0 Å². The van der Waals surface area contributed by atoms with Crippen LogP contribution >= 0.6 is 0 Å². The van der Waals surface area contributed by atoms with E-state index in [1.807, 2.05) is 114 Å². The minimum Gasteiger partial charge on any atom is -1.00 e. The number of rotatable bonds is 7. The molecule has 0 N–H and O–H groups in total. The van der Waals surface area contributed by atoms with Gasteiger partial charge in [-0.05, 0) is 34.9 Å². The highest BCUT2D eigenvalue weighted by molar-refractivity contribution is 6.04. The summed E-state index contributed by atoms with van der Waals surface area (Å²) in [6.45, 7) is 0.567. The van der Waals surface area contributed by atoms with Crippen molar-refractivity contribution < 1.29 is 52.7 Å². The summed E-state index contributed by atoms with van der Waals surface area (Å²) in [5.74, 6) is 0.159. The van der Waals surface area contributed by atoms with E-state index in [1.165, 1.54) is 0 Å². The molecule has 0 saturated heterocycles. The standard InChI is InChI=1S/C34H26N2O2.2BrH/c37-32(26-10-3-1-4-11-26)23-35-20-17-25(18-21-35)22-31-28-14-7-8-15-29(28)34-30(31)16-9-19-36(34)24-33(38)27-12-5-2-6-13-27;;/h1-22H,23-24H2;2*1H/q+2;;/p-2/b31-22-;;.